The molecule has 5 heteroatoms. The molecule has 0 bridgehead atoms. The van der Waals surface area contributed by atoms with E-state index >= 15 is 0 Å². The summed E-state index contributed by atoms with van der Waals surface area (Å²) in [5.74, 6) is -0.248. The largest absolute Gasteiger partial charge is 0.479 e. The van der Waals surface area contributed by atoms with Crippen molar-refractivity contribution in [3.8, 4) is 0 Å². The molecule has 2 rings (SSSR count). The zero-order valence-electron chi connectivity index (χ0n) is 8.20. The van der Waals surface area contributed by atoms with Crippen LogP contribution >= 0.6 is 15.9 Å². The summed E-state index contributed by atoms with van der Waals surface area (Å²) in [5, 5.41) is 8.98. The van der Waals surface area contributed by atoms with Crippen molar-refractivity contribution in [2.24, 2.45) is 0 Å². The van der Waals surface area contributed by atoms with Crippen LogP contribution in [0.15, 0.2) is 21.2 Å². The molecule has 0 aromatic carbocycles. The van der Waals surface area contributed by atoms with Crippen molar-refractivity contribution >= 4 is 21.9 Å². The van der Waals surface area contributed by atoms with E-state index in [1.54, 1.807) is 19.1 Å². The van der Waals surface area contributed by atoms with Crippen molar-refractivity contribution in [2.75, 3.05) is 0 Å². The summed E-state index contributed by atoms with van der Waals surface area (Å²) in [5.41, 5.74) is -1.08. The maximum Gasteiger partial charge on any atom is 0.335 e. The van der Waals surface area contributed by atoms with E-state index < -0.39 is 11.6 Å². The molecule has 1 aliphatic rings. The van der Waals surface area contributed by atoms with Crippen LogP contribution in [0.25, 0.3) is 0 Å². The van der Waals surface area contributed by atoms with Gasteiger partial charge < -0.3 is 14.3 Å². The van der Waals surface area contributed by atoms with E-state index in [9.17, 15) is 4.79 Å². The molecule has 1 saturated heterocycles. The monoisotopic (exact) mass is 274 g/mol. The Morgan fingerprint density at radius 3 is 2.87 bits per heavy atom. The molecule has 1 aromatic rings. The fourth-order valence-corrected chi connectivity index (χ4v) is 2.02. The van der Waals surface area contributed by atoms with Crippen molar-refractivity contribution in [1.29, 1.82) is 0 Å². The third kappa shape index (κ3) is 1.94. The second-order valence-electron chi connectivity index (χ2n) is 3.82. The Kier molecular flexibility index (Phi) is 2.60. The first-order valence-electron chi connectivity index (χ1n) is 4.68. The number of carboxylic acid groups (broad SMARTS) is 1. The summed E-state index contributed by atoms with van der Waals surface area (Å²) in [6.45, 7) is 1.59. The quantitative estimate of drug-likeness (QED) is 0.901. The van der Waals surface area contributed by atoms with Crippen LogP contribution in [0.4, 0.5) is 0 Å². The van der Waals surface area contributed by atoms with E-state index in [-0.39, 0.29) is 6.10 Å². The van der Waals surface area contributed by atoms with Gasteiger partial charge in [-0.2, -0.15) is 0 Å². The fourth-order valence-electron chi connectivity index (χ4n) is 1.70. The Morgan fingerprint density at radius 2 is 2.40 bits per heavy atom. The lowest BCUT2D eigenvalue weighted by Gasteiger charge is -2.18. The van der Waals surface area contributed by atoms with E-state index in [2.05, 4.69) is 15.9 Å². The SMILES string of the molecule is CC1(C(=O)O)CCC(c2ccc(Br)o2)O1. The molecule has 1 N–H and O–H groups in total. The first-order valence-corrected chi connectivity index (χ1v) is 5.47. The molecule has 0 aliphatic carbocycles. The summed E-state index contributed by atoms with van der Waals surface area (Å²) < 4.78 is 11.5. The van der Waals surface area contributed by atoms with Crippen LogP contribution in [-0.4, -0.2) is 16.7 Å². The van der Waals surface area contributed by atoms with E-state index in [1.165, 1.54) is 0 Å². The fraction of sp³-hybridized carbons (Fsp3) is 0.500. The van der Waals surface area contributed by atoms with Crippen molar-refractivity contribution in [1.82, 2.24) is 0 Å². The number of carboxylic acids is 1. The highest BCUT2D eigenvalue weighted by Crippen LogP contribution is 2.40. The Bertz CT molecular complexity index is 387. The van der Waals surface area contributed by atoms with Crippen LogP contribution in [-0.2, 0) is 9.53 Å². The van der Waals surface area contributed by atoms with E-state index in [0.29, 0.717) is 23.3 Å². The maximum absolute atomic E-state index is 10.9. The molecule has 0 radical (unpaired) electrons. The van der Waals surface area contributed by atoms with Gasteiger partial charge >= 0.3 is 5.97 Å². The van der Waals surface area contributed by atoms with Gasteiger partial charge in [0.25, 0.3) is 0 Å². The molecule has 0 saturated carbocycles. The number of ether oxygens (including phenoxy) is 1. The van der Waals surface area contributed by atoms with Crippen molar-refractivity contribution in [2.45, 2.75) is 31.5 Å². The second kappa shape index (κ2) is 3.64. The standard InChI is InChI=1S/C10H11BrO4/c1-10(9(12)13)5-4-7(15-10)6-2-3-8(11)14-6/h2-3,7H,4-5H2,1H3,(H,12,13). The molecule has 1 fully saturated rings. The number of furan rings is 1. The normalized spacial score (nSPS) is 30.7. The summed E-state index contributed by atoms with van der Waals surface area (Å²) in [6, 6.07) is 3.57. The molecule has 0 amide bonds. The number of hydrogen-bond donors (Lipinski definition) is 1. The van der Waals surface area contributed by atoms with Crippen molar-refractivity contribution in [3.63, 3.8) is 0 Å². The number of carbonyl (C=O) groups is 1. The molecule has 2 atom stereocenters. The van der Waals surface area contributed by atoms with Crippen molar-refractivity contribution in [3.05, 3.63) is 22.6 Å². The van der Waals surface area contributed by atoms with Gasteiger partial charge in [-0.3, -0.25) is 0 Å². The molecule has 15 heavy (non-hydrogen) atoms. The van der Waals surface area contributed by atoms with Crippen LogP contribution in [0.1, 0.15) is 31.6 Å². The summed E-state index contributed by atoms with van der Waals surface area (Å²) in [4.78, 5) is 10.9. The van der Waals surface area contributed by atoms with Gasteiger partial charge in [-0.15, -0.1) is 0 Å². The first kappa shape index (κ1) is 10.7. The van der Waals surface area contributed by atoms with Crippen molar-refractivity contribution < 1.29 is 19.1 Å². The molecule has 2 heterocycles. The van der Waals surface area contributed by atoms with Crippen LogP contribution in [0.2, 0.25) is 0 Å². The number of rotatable bonds is 2. The van der Waals surface area contributed by atoms with Gasteiger partial charge in [-0.1, -0.05) is 0 Å². The molecular formula is C10H11BrO4. The third-order valence-electron chi connectivity index (χ3n) is 2.65. The molecule has 1 aromatic heterocycles. The zero-order chi connectivity index (χ0) is 11.1. The predicted octanol–water partition coefficient (Wildman–Crippen LogP) is 2.74. The first-order chi connectivity index (χ1) is 7.01. The Morgan fingerprint density at radius 1 is 1.67 bits per heavy atom. The lowest BCUT2D eigenvalue weighted by molar-refractivity contribution is -0.162. The predicted molar refractivity (Wildman–Crippen MR) is 55.5 cm³/mol. The molecule has 2 unspecified atom stereocenters. The lowest BCUT2D eigenvalue weighted by atomic mass is 10.0. The van der Waals surface area contributed by atoms with E-state index in [4.69, 9.17) is 14.3 Å². The number of hydrogen-bond acceptors (Lipinski definition) is 3. The van der Waals surface area contributed by atoms with Gasteiger partial charge in [0.15, 0.2) is 10.3 Å². The number of aliphatic carboxylic acids is 1. The minimum absolute atomic E-state index is 0.252. The van der Waals surface area contributed by atoms with E-state index in [1.807, 2.05) is 0 Å². The van der Waals surface area contributed by atoms with E-state index in [0.717, 1.165) is 0 Å². The summed E-state index contributed by atoms with van der Waals surface area (Å²) >= 11 is 3.20. The Labute approximate surface area is 95.3 Å². The van der Waals surface area contributed by atoms with Gasteiger partial charge in [-0.25, -0.2) is 4.79 Å². The molecule has 82 valence electrons. The summed E-state index contributed by atoms with van der Waals surface area (Å²) in [7, 11) is 0. The Hall–Kier alpha value is -0.810. The summed E-state index contributed by atoms with van der Waals surface area (Å²) in [6.07, 6.45) is 0.922. The van der Waals surface area contributed by atoms with Gasteiger partial charge in [0, 0.05) is 0 Å². The second-order valence-corrected chi connectivity index (χ2v) is 4.60. The molecule has 0 spiro atoms. The third-order valence-corrected chi connectivity index (χ3v) is 3.08. The zero-order valence-corrected chi connectivity index (χ0v) is 9.78. The lowest BCUT2D eigenvalue weighted by Crippen LogP contribution is -2.34. The minimum atomic E-state index is -1.08. The molecule has 1 aliphatic heterocycles. The van der Waals surface area contributed by atoms with Crippen LogP contribution in [0.5, 0.6) is 0 Å². The highest BCUT2D eigenvalue weighted by Gasteiger charge is 2.44. The number of halogens is 1. The topological polar surface area (TPSA) is 59.7 Å². The molecular weight excluding hydrogens is 264 g/mol. The highest BCUT2D eigenvalue weighted by atomic mass is 79.9. The van der Waals surface area contributed by atoms with Gasteiger partial charge in [0.05, 0.1) is 0 Å². The average molecular weight is 275 g/mol. The smallest absolute Gasteiger partial charge is 0.335 e. The van der Waals surface area contributed by atoms with Crippen LogP contribution in [0.3, 0.4) is 0 Å². The van der Waals surface area contributed by atoms with Gasteiger partial charge in [0.1, 0.15) is 11.9 Å². The Balaban J connectivity index is 2.14. The van der Waals surface area contributed by atoms with Crippen LogP contribution in [0, 0.1) is 0 Å². The van der Waals surface area contributed by atoms with Gasteiger partial charge in [-0.05, 0) is 47.8 Å². The average Bonchev–Trinajstić information content (AvgIpc) is 2.73. The molecule has 4 nitrogen and oxygen atoms in total. The maximum atomic E-state index is 10.9. The highest BCUT2D eigenvalue weighted by molar-refractivity contribution is 9.10. The van der Waals surface area contributed by atoms with Gasteiger partial charge in [0.2, 0.25) is 0 Å². The van der Waals surface area contributed by atoms with Crippen LogP contribution < -0.4 is 0 Å². The minimum Gasteiger partial charge on any atom is -0.479 e.